The molecule has 148 valence electrons. The Morgan fingerprint density at radius 3 is 2.89 bits per heavy atom. The minimum atomic E-state index is -0.395. The molecule has 1 saturated heterocycles. The van der Waals surface area contributed by atoms with Gasteiger partial charge in [-0.3, -0.25) is 0 Å². The third kappa shape index (κ3) is 3.87. The lowest BCUT2D eigenvalue weighted by atomic mass is 10.1. The van der Waals surface area contributed by atoms with Gasteiger partial charge in [0.2, 0.25) is 0 Å². The fraction of sp³-hybridized carbons (Fsp3) is 0.400. The summed E-state index contributed by atoms with van der Waals surface area (Å²) in [6.45, 7) is 4.46. The predicted octanol–water partition coefficient (Wildman–Crippen LogP) is 2.38. The third-order valence-electron chi connectivity index (χ3n) is 4.97. The number of amides is 2. The van der Waals surface area contributed by atoms with Crippen LogP contribution in [0.25, 0.3) is 0 Å². The molecule has 1 aromatic carbocycles. The molecule has 0 aliphatic carbocycles. The molecule has 1 fully saturated rings. The summed E-state index contributed by atoms with van der Waals surface area (Å²) < 4.78 is 25.4. The van der Waals surface area contributed by atoms with Gasteiger partial charge in [-0.05, 0) is 24.6 Å². The number of fused-ring (bicyclic) bond motifs is 1. The van der Waals surface area contributed by atoms with Crippen molar-refractivity contribution in [2.75, 3.05) is 31.2 Å². The van der Waals surface area contributed by atoms with E-state index >= 15 is 0 Å². The highest BCUT2D eigenvalue weighted by molar-refractivity contribution is 5.75. The molecular formula is C20H23FN4O3. The first-order valence-electron chi connectivity index (χ1n) is 9.39. The van der Waals surface area contributed by atoms with Crippen LogP contribution in [0.5, 0.6) is 5.75 Å². The summed E-state index contributed by atoms with van der Waals surface area (Å²) in [4.78, 5) is 18.4. The van der Waals surface area contributed by atoms with E-state index in [-0.39, 0.29) is 24.7 Å². The van der Waals surface area contributed by atoms with Gasteiger partial charge in [-0.1, -0.05) is 18.2 Å². The Kier molecular flexibility index (Phi) is 5.29. The van der Waals surface area contributed by atoms with E-state index in [2.05, 4.69) is 15.6 Å². The second-order valence-corrected chi connectivity index (χ2v) is 6.91. The number of carbonyl (C=O) groups excluding carboxylic acids is 1. The van der Waals surface area contributed by atoms with E-state index in [1.165, 1.54) is 6.07 Å². The molecule has 0 radical (unpaired) electrons. The van der Waals surface area contributed by atoms with Crippen molar-refractivity contribution in [1.29, 1.82) is 0 Å². The molecule has 2 aromatic rings. The van der Waals surface area contributed by atoms with E-state index in [1.807, 2.05) is 36.1 Å². The maximum atomic E-state index is 14.4. The largest absolute Gasteiger partial charge is 0.488 e. The molecule has 0 bridgehead atoms. The number of benzene rings is 1. The van der Waals surface area contributed by atoms with Crippen LogP contribution in [0.3, 0.4) is 0 Å². The van der Waals surface area contributed by atoms with Gasteiger partial charge in [0.05, 0.1) is 19.3 Å². The Morgan fingerprint density at radius 1 is 1.32 bits per heavy atom. The van der Waals surface area contributed by atoms with Crippen LogP contribution in [0.1, 0.15) is 24.1 Å². The van der Waals surface area contributed by atoms with E-state index in [9.17, 15) is 9.18 Å². The van der Waals surface area contributed by atoms with Crippen LogP contribution in [0.2, 0.25) is 0 Å². The molecule has 0 saturated carbocycles. The molecule has 1 aromatic heterocycles. The number of aromatic nitrogens is 1. The lowest BCUT2D eigenvalue weighted by molar-refractivity contribution is 0.122. The Balaban J connectivity index is 1.34. The number of anilines is 1. The number of pyridine rings is 1. The number of hydrogen-bond acceptors (Lipinski definition) is 5. The van der Waals surface area contributed by atoms with Gasteiger partial charge in [-0.15, -0.1) is 0 Å². The highest BCUT2D eigenvalue weighted by Crippen LogP contribution is 2.35. The Morgan fingerprint density at radius 2 is 2.11 bits per heavy atom. The van der Waals surface area contributed by atoms with Gasteiger partial charge in [0.15, 0.2) is 11.6 Å². The molecule has 2 aliphatic rings. The van der Waals surface area contributed by atoms with E-state index in [0.717, 1.165) is 11.3 Å². The van der Waals surface area contributed by atoms with Gasteiger partial charge in [0, 0.05) is 31.4 Å². The fourth-order valence-corrected chi connectivity index (χ4v) is 3.51. The summed E-state index contributed by atoms with van der Waals surface area (Å²) in [6, 6.07) is 8.48. The van der Waals surface area contributed by atoms with E-state index in [0.29, 0.717) is 37.7 Å². The number of nitrogens with zero attached hydrogens (tertiary/aromatic N) is 2. The molecular weight excluding hydrogens is 363 g/mol. The summed E-state index contributed by atoms with van der Waals surface area (Å²) in [7, 11) is 0. The summed E-state index contributed by atoms with van der Waals surface area (Å²) in [5.41, 5.74) is 1.55. The number of para-hydroxylation sites is 1. The molecule has 2 unspecified atom stereocenters. The molecule has 2 atom stereocenters. The predicted molar refractivity (Wildman–Crippen MR) is 102 cm³/mol. The lowest BCUT2D eigenvalue weighted by Crippen LogP contribution is -2.40. The van der Waals surface area contributed by atoms with Crippen molar-refractivity contribution < 1.29 is 18.7 Å². The monoisotopic (exact) mass is 386 g/mol. The number of morpholine rings is 1. The van der Waals surface area contributed by atoms with Crippen LogP contribution in [0, 0.1) is 5.82 Å². The highest BCUT2D eigenvalue weighted by Gasteiger charge is 2.32. The number of ether oxygens (including phenoxy) is 2. The first-order chi connectivity index (χ1) is 13.6. The maximum Gasteiger partial charge on any atom is 0.315 e. The molecule has 7 nitrogen and oxygen atoms in total. The van der Waals surface area contributed by atoms with Crippen LogP contribution in [0.15, 0.2) is 36.5 Å². The van der Waals surface area contributed by atoms with Gasteiger partial charge in [-0.2, -0.15) is 0 Å². The van der Waals surface area contributed by atoms with Crippen molar-refractivity contribution in [1.82, 2.24) is 15.6 Å². The molecule has 3 heterocycles. The van der Waals surface area contributed by atoms with Crippen LogP contribution in [0.4, 0.5) is 15.0 Å². The molecule has 2 N–H and O–H groups in total. The van der Waals surface area contributed by atoms with E-state index in [1.54, 1.807) is 6.20 Å². The number of rotatable bonds is 4. The van der Waals surface area contributed by atoms with Crippen LogP contribution >= 0.6 is 0 Å². The van der Waals surface area contributed by atoms with Crippen molar-refractivity contribution in [2.45, 2.75) is 25.6 Å². The molecule has 2 aliphatic heterocycles. The van der Waals surface area contributed by atoms with Gasteiger partial charge < -0.3 is 25.0 Å². The van der Waals surface area contributed by atoms with E-state index < -0.39 is 5.82 Å². The zero-order valence-corrected chi connectivity index (χ0v) is 15.7. The molecule has 2 amide bonds. The number of carbonyl (C=O) groups is 1. The maximum absolute atomic E-state index is 14.4. The fourth-order valence-electron chi connectivity index (χ4n) is 3.51. The van der Waals surface area contributed by atoms with E-state index in [4.69, 9.17) is 9.47 Å². The zero-order valence-electron chi connectivity index (χ0n) is 15.7. The van der Waals surface area contributed by atoms with Gasteiger partial charge in [0.1, 0.15) is 11.9 Å². The minimum absolute atomic E-state index is 0.157. The number of hydrogen-bond donors (Lipinski definition) is 2. The number of urea groups is 1. The van der Waals surface area contributed by atoms with Crippen molar-refractivity contribution in [3.05, 3.63) is 53.5 Å². The zero-order chi connectivity index (χ0) is 19.5. The van der Waals surface area contributed by atoms with Crippen LogP contribution in [-0.4, -0.2) is 43.4 Å². The van der Waals surface area contributed by atoms with Crippen LogP contribution in [-0.2, 0) is 11.3 Å². The minimum Gasteiger partial charge on any atom is -0.488 e. The smallest absolute Gasteiger partial charge is 0.315 e. The first-order valence-corrected chi connectivity index (χ1v) is 9.39. The summed E-state index contributed by atoms with van der Waals surface area (Å²) in [6.07, 6.45) is 1.43. The third-order valence-corrected chi connectivity index (χ3v) is 4.97. The summed E-state index contributed by atoms with van der Waals surface area (Å²) >= 11 is 0. The SMILES string of the molecule is CC1Oc2ccccc2C1NC(=O)NCc1cnc(N2CCOCC2)c(F)c1. The molecule has 28 heavy (non-hydrogen) atoms. The molecule has 4 rings (SSSR count). The molecule has 8 heteroatoms. The van der Waals surface area contributed by atoms with Crippen LogP contribution < -0.4 is 20.3 Å². The standard InChI is InChI=1S/C20H23FN4O3/c1-13-18(15-4-2-3-5-17(15)28-13)24-20(26)23-12-14-10-16(21)19(22-11-14)25-6-8-27-9-7-25/h2-5,10-11,13,18H,6-9,12H2,1H3,(H2,23,24,26). The highest BCUT2D eigenvalue weighted by atomic mass is 19.1. The van der Waals surface area contributed by atoms with Gasteiger partial charge >= 0.3 is 6.03 Å². The average Bonchev–Trinajstić information content (AvgIpc) is 3.02. The van der Waals surface area contributed by atoms with Gasteiger partial charge in [-0.25, -0.2) is 14.2 Å². The second kappa shape index (κ2) is 8.02. The normalized spacial score (nSPS) is 21.0. The van der Waals surface area contributed by atoms with Crippen molar-refractivity contribution in [3.8, 4) is 5.75 Å². The number of halogens is 1. The van der Waals surface area contributed by atoms with Crippen molar-refractivity contribution >= 4 is 11.8 Å². The number of nitrogens with one attached hydrogen (secondary N) is 2. The summed E-state index contributed by atoms with van der Waals surface area (Å²) in [5, 5.41) is 5.68. The van der Waals surface area contributed by atoms with Gasteiger partial charge in [0.25, 0.3) is 0 Å². The average molecular weight is 386 g/mol. The Labute approximate surface area is 162 Å². The van der Waals surface area contributed by atoms with Crippen molar-refractivity contribution in [3.63, 3.8) is 0 Å². The lowest BCUT2D eigenvalue weighted by Gasteiger charge is -2.28. The first kappa shape index (κ1) is 18.5. The quantitative estimate of drug-likeness (QED) is 0.844. The molecule has 0 spiro atoms. The van der Waals surface area contributed by atoms with Crippen molar-refractivity contribution in [2.24, 2.45) is 0 Å². The summed E-state index contributed by atoms with van der Waals surface area (Å²) in [5.74, 6) is 0.712. The second-order valence-electron chi connectivity index (χ2n) is 6.91. The topological polar surface area (TPSA) is 75.7 Å². The Hall–Kier alpha value is -2.87. The Bertz CT molecular complexity index is 857.